The van der Waals surface area contributed by atoms with E-state index in [1.165, 1.54) is 6.20 Å². The fraction of sp³-hybridized carbons (Fsp3) is 0.118. The van der Waals surface area contributed by atoms with E-state index in [2.05, 4.69) is 15.3 Å². The predicted molar refractivity (Wildman–Crippen MR) is 88.4 cm³/mol. The number of anilines is 1. The molecule has 3 aromatic rings. The van der Waals surface area contributed by atoms with Gasteiger partial charge in [-0.2, -0.15) is 0 Å². The summed E-state index contributed by atoms with van der Waals surface area (Å²) in [7, 11) is 0. The van der Waals surface area contributed by atoms with E-state index in [9.17, 15) is 4.79 Å². The lowest BCUT2D eigenvalue weighted by molar-refractivity contribution is 0.102. The SMILES string of the molecule is Cc1cc(C(=O)Nc2ncc(Cl)cc2C)c2ccccc2n1. The Morgan fingerprint density at radius 1 is 1.18 bits per heavy atom. The zero-order valence-corrected chi connectivity index (χ0v) is 13.0. The van der Waals surface area contributed by atoms with Gasteiger partial charge in [0.15, 0.2) is 0 Å². The molecule has 3 rings (SSSR count). The van der Waals surface area contributed by atoms with Crippen molar-refractivity contribution >= 4 is 34.2 Å². The molecule has 0 spiro atoms. The van der Waals surface area contributed by atoms with Crippen molar-refractivity contribution in [2.24, 2.45) is 0 Å². The van der Waals surface area contributed by atoms with Crippen molar-refractivity contribution in [2.75, 3.05) is 5.32 Å². The number of hydrogen-bond acceptors (Lipinski definition) is 3. The molecule has 1 amide bonds. The van der Waals surface area contributed by atoms with Gasteiger partial charge in [0.05, 0.1) is 16.1 Å². The molecule has 4 nitrogen and oxygen atoms in total. The molecule has 0 aliphatic heterocycles. The molecule has 5 heteroatoms. The van der Waals surface area contributed by atoms with Crippen molar-refractivity contribution in [1.29, 1.82) is 0 Å². The van der Waals surface area contributed by atoms with Crippen LogP contribution in [0.3, 0.4) is 0 Å². The molecule has 0 radical (unpaired) electrons. The topological polar surface area (TPSA) is 54.9 Å². The van der Waals surface area contributed by atoms with Gasteiger partial charge in [0.1, 0.15) is 5.82 Å². The Balaban J connectivity index is 2.02. The average Bonchev–Trinajstić information content (AvgIpc) is 2.49. The number of halogens is 1. The number of nitrogens with zero attached hydrogens (tertiary/aromatic N) is 2. The molecule has 110 valence electrons. The van der Waals surface area contributed by atoms with E-state index in [0.29, 0.717) is 16.4 Å². The Morgan fingerprint density at radius 2 is 1.95 bits per heavy atom. The molecule has 0 unspecified atom stereocenters. The number of fused-ring (bicyclic) bond motifs is 1. The highest BCUT2D eigenvalue weighted by Crippen LogP contribution is 2.21. The molecular weight excluding hydrogens is 298 g/mol. The van der Waals surface area contributed by atoms with Gasteiger partial charge in [0, 0.05) is 17.3 Å². The van der Waals surface area contributed by atoms with Crippen LogP contribution in [0.4, 0.5) is 5.82 Å². The molecule has 0 fully saturated rings. The molecule has 0 saturated carbocycles. The summed E-state index contributed by atoms with van der Waals surface area (Å²) in [6, 6.07) is 11.1. The van der Waals surface area contributed by atoms with Gasteiger partial charge in [0.25, 0.3) is 5.91 Å². The number of aryl methyl sites for hydroxylation is 2. The summed E-state index contributed by atoms with van der Waals surface area (Å²) in [6.45, 7) is 3.72. The number of carbonyl (C=O) groups excluding carboxylic acids is 1. The predicted octanol–water partition coefficient (Wildman–Crippen LogP) is 4.15. The summed E-state index contributed by atoms with van der Waals surface area (Å²) in [6.07, 6.45) is 1.51. The van der Waals surface area contributed by atoms with Crippen molar-refractivity contribution < 1.29 is 4.79 Å². The number of para-hydroxylation sites is 1. The van der Waals surface area contributed by atoms with Crippen LogP contribution in [0.15, 0.2) is 42.6 Å². The number of rotatable bonds is 2. The first kappa shape index (κ1) is 14.5. The number of benzene rings is 1. The molecule has 0 aliphatic carbocycles. The van der Waals surface area contributed by atoms with Crippen LogP contribution in [0.5, 0.6) is 0 Å². The third-order valence-corrected chi connectivity index (χ3v) is 3.57. The molecule has 2 heterocycles. The van der Waals surface area contributed by atoms with Crippen LogP contribution < -0.4 is 5.32 Å². The maximum absolute atomic E-state index is 12.6. The van der Waals surface area contributed by atoms with Crippen LogP contribution in [-0.2, 0) is 0 Å². The summed E-state index contributed by atoms with van der Waals surface area (Å²) < 4.78 is 0. The van der Waals surface area contributed by atoms with Gasteiger partial charge in [-0.15, -0.1) is 0 Å². The Hall–Kier alpha value is -2.46. The zero-order valence-electron chi connectivity index (χ0n) is 12.2. The Bertz CT molecular complexity index is 877. The minimum Gasteiger partial charge on any atom is -0.306 e. The van der Waals surface area contributed by atoms with E-state index < -0.39 is 0 Å². The highest BCUT2D eigenvalue weighted by Gasteiger charge is 2.13. The van der Waals surface area contributed by atoms with Gasteiger partial charge in [-0.3, -0.25) is 9.78 Å². The van der Waals surface area contributed by atoms with Crippen molar-refractivity contribution in [1.82, 2.24) is 9.97 Å². The van der Waals surface area contributed by atoms with E-state index in [0.717, 1.165) is 22.2 Å². The quantitative estimate of drug-likeness (QED) is 0.773. The van der Waals surface area contributed by atoms with Crippen LogP contribution in [0.1, 0.15) is 21.6 Å². The second-order valence-electron chi connectivity index (χ2n) is 5.10. The van der Waals surface area contributed by atoms with Gasteiger partial charge < -0.3 is 5.32 Å². The third kappa shape index (κ3) is 2.78. The molecule has 1 aromatic carbocycles. The lowest BCUT2D eigenvalue weighted by Crippen LogP contribution is -2.15. The summed E-state index contributed by atoms with van der Waals surface area (Å²) in [4.78, 5) is 21.2. The van der Waals surface area contributed by atoms with E-state index in [4.69, 9.17) is 11.6 Å². The van der Waals surface area contributed by atoms with Crippen molar-refractivity contribution in [3.05, 3.63) is 64.4 Å². The first-order chi connectivity index (χ1) is 10.5. The number of carbonyl (C=O) groups is 1. The monoisotopic (exact) mass is 311 g/mol. The van der Waals surface area contributed by atoms with E-state index >= 15 is 0 Å². The highest BCUT2D eigenvalue weighted by molar-refractivity contribution is 6.30. The largest absolute Gasteiger partial charge is 0.306 e. The molecule has 2 aromatic heterocycles. The summed E-state index contributed by atoms with van der Waals surface area (Å²) in [5.41, 5.74) is 2.99. The lowest BCUT2D eigenvalue weighted by atomic mass is 10.1. The zero-order chi connectivity index (χ0) is 15.7. The van der Waals surface area contributed by atoms with Gasteiger partial charge in [-0.05, 0) is 37.6 Å². The molecule has 22 heavy (non-hydrogen) atoms. The Kier molecular flexibility index (Phi) is 3.77. The van der Waals surface area contributed by atoms with Crippen LogP contribution >= 0.6 is 11.6 Å². The fourth-order valence-corrected chi connectivity index (χ4v) is 2.55. The molecule has 0 bridgehead atoms. The number of aromatic nitrogens is 2. The van der Waals surface area contributed by atoms with Gasteiger partial charge in [-0.1, -0.05) is 29.8 Å². The van der Waals surface area contributed by atoms with Crippen LogP contribution in [0.2, 0.25) is 5.02 Å². The lowest BCUT2D eigenvalue weighted by Gasteiger charge is -2.10. The average molecular weight is 312 g/mol. The summed E-state index contributed by atoms with van der Waals surface area (Å²) >= 11 is 5.89. The first-order valence-electron chi connectivity index (χ1n) is 6.84. The van der Waals surface area contributed by atoms with Crippen LogP contribution in [0, 0.1) is 13.8 Å². The van der Waals surface area contributed by atoms with Crippen molar-refractivity contribution in [3.8, 4) is 0 Å². The second kappa shape index (κ2) is 5.73. The van der Waals surface area contributed by atoms with E-state index in [-0.39, 0.29) is 5.91 Å². The van der Waals surface area contributed by atoms with E-state index in [1.807, 2.05) is 38.1 Å². The minimum absolute atomic E-state index is 0.209. The van der Waals surface area contributed by atoms with Gasteiger partial charge in [0.2, 0.25) is 0 Å². The van der Waals surface area contributed by atoms with Crippen molar-refractivity contribution in [2.45, 2.75) is 13.8 Å². The Morgan fingerprint density at radius 3 is 2.73 bits per heavy atom. The molecule has 1 N–H and O–H groups in total. The first-order valence-corrected chi connectivity index (χ1v) is 7.22. The van der Waals surface area contributed by atoms with Crippen LogP contribution in [-0.4, -0.2) is 15.9 Å². The molecular formula is C17H14ClN3O. The van der Waals surface area contributed by atoms with Gasteiger partial charge in [-0.25, -0.2) is 4.98 Å². The Labute approximate surface area is 133 Å². The van der Waals surface area contributed by atoms with Gasteiger partial charge >= 0.3 is 0 Å². The molecule has 0 saturated heterocycles. The number of amides is 1. The maximum Gasteiger partial charge on any atom is 0.257 e. The highest BCUT2D eigenvalue weighted by atomic mass is 35.5. The standard InChI is InChI=1S/C17H14ClN3O/c1-10-7-12(18)9-19-16(10)21-17(22)14-8-11(2)20-15-6-4-3-5-13(14)15/h3-9H,1-2H3,(H,19,21,22). The summed E-state index contributed by atoms with van der Waals surface area (Å²) in [5.74, 6) is 0.299. The molecule has 0 atom stereocenters. The maximum atomic E-state index is 12.6. The fourth-order valence-electron chi connectivity index (χ4n) is 2.34. The second-order valence-corrected chi connectivity index (χ2v) is 5.54. The normalized spacial score (nSPS) is 10.7. The number of pyridine rings is 2. The minimum atomic E-state index is -0.209. The molecule has 0 aliphatic rings. The number of nitrogens with one attached hydrogen (secondary N) is 1. The van der Waals surface area contributed by atoms with E-state index in [1.54, 1.807) is 12.1 Å². The van der Waals surface area contributed by atoms with Crippen LogP contribution in [0.25, 0.3) is 10.9 Å². The van der Waals surface area contributed by atoms with Crippen molar-refractivity contribution in [3.63, 3.8) is 0 Å². The summed E-state index contributed by atoms with van der Waals surface area (Å²) in [5, 5.41) is 4.20. The number of hydrogen-bond donors (Lipinski definition) is 1. The smallest absolute Gasteiger partial charge is 0.257 e. The third-order valence-electron chi connectivity index (χ3n) is 3.37.